The first-order valence-electron chi connectivity index (χ1n) is 6.22. The van der Waals surface area contributed by atoms with Crippen LogP contribution in [-0.4, -0.2) is 9.55 Å². The maximum Gasteiger partial charge on any atom is 0.141 e. The summed E-state index contributed by atoms with van der Waals surface area (Å²) in [6, 6.07) is 4.47. The van der Waals surface area contributed by atoms with Crippen LogP contribution in [0.4, 0.5) is 4.39 Å². The van der Waals surface area contributed by atoms with Gasteiger partial charge in [0.15, 0.2) is 0 Å². The molecule has 19 heavy (non-hydrogen) atoms. The normalized spacial score (nSPS) is 12.9. The minimum Gasteiger partial charge on any atom is -0.323 e. The number of imidazole rings is 1. The molecular weight excluding hydrogens is 265 g/mol. The Kier molecular flexibility index (Phi) is 4.22. The van der Waals surface area contributed by atoms with Gasteiger partial charge >= 0.3 is 0 Å². The molecule has 0 bridgehead atoms. The third kappa shape index (κ3) is 3.14. The maximum absolute atomic E-state index is 13.2. The lowest BCUT2D eigenvalue weighted by atomic mass is 10.0. The van der Waals surface area contributed by atoms with Gasteiger partial charge in [0.1, 0.15) is 5.82 Å². The van der Waals surface area contributed by atoms with Gasteiger partial charge in [-0.15, -0.1) is 0 Å². The molecule has 5 heteroatoms. The second-order valence-corrected chi connectivity index (χ2v) is 5.43. The molecule has 0 aliphatic heterocycles. The third-order valence-corrected chi connectivity index (χ3v) is 3.24. The summed E-state index contributed by atoms with van der Waals surface area (Å²) in [6.45, 7) is 4.24. The van der Waals surface area contributed by atoms with Crippen LogP contribution in [0.3, 0.4) is 0 Å². The molecule has 0 fully saturated rings. The van der Waals surface area contributed by atoms with E-state index in [4.69, 9.17) is 17.3 Å². The highest BCUT2D eigenvalue weighted by molar-refractivity contribution is 6.30. The first-order valence-corrected chi connectivity index (χ1v) is 6.60. The monoisotopic (exact) mass is 281 g/mol. The molecule has 3 nitrogen and oxygen atoms in total. The zero-order chi connectivity index (χ0) is 14.0. The summed E-state index contributed by atoms with van der Waals surface area (Å²) in [7, 11) is 0. The van der Waals surface area contributed by atoms with Gasteiger partial charge < -0.3 is 10.3 Å². The molecule has 0 radical (unpaired) electrons. The van der Waals surface area contributed by atoms with Crippen molar-refractivity contribution < 1.29 is 4.39 Å². The van der Waals surface area contributed by atoms with Crippen molar-refractivity contribution in [3.05, 3.63) is 47.3 Å². The summed E-state index contributed by atoms with van der Waals surface area (Å²) in [4.78, 5) is 4.13. The van der Waals surface area contributed by atoms with Crippen molar-refractivity contribution in [3.8, 4) is 5.69 Å². The first kappa shape index (κ1) is 14.0. The number of halogens is 2. The highest BCUT2D eigenvalue weighted by Gasteiger charge is 2.14. The Morgan fingerprint density at radius 2 is 2.16 bits per heavy atom. The minimum atomic E-state index is -0.432. The van der Waals surface area contributed by atoms with Gasteiger partial charge in [0.05, 0.1) is 23.2 Å². The Morgan fingerprint density at radius 1 is 1.42 bits per heavy atom. The molecule has 102 valence electrons. The number of aromatic nitrogens is 2. The van der Waals surface area contributed by atoms with Gasteiger partial charge in [0, 0.05) is 11.7 Å². The average Bonchev–Trinajstić information content (AvgIpc) is 2.81. The summed E-state index contributed by atoms with van der Waals surface area (Å²) in [5.41, 5.74) is 7.84. The number of hydrogen-bond donors (Lipinski definition) is 1. The van der Waals surface area contributed by atoms with Crippen molar-refractivity contribution in [2.45, 2.75) is 26.3 Å². The Balaban J connectivity index is 2.35. The van der Waals surface area contributed by atoms with Gasteiger partial charge in [-0.05, 0) is 30.5 Å². The van der Waals surface area contributed by atoms with Crippen molar-refractivity contribution in [3.63, 3.8) is 0 Å². The van der Waals surface area contributed by atoms with Crippen LogP contribution in [0.15, 0.2) is 30.7 Å². The molecule has 1 atom stereocenters. The zero-order valence-electron chi connectivity index (χ0n) is 11.0. The molecule has 0 saturated heterocycles. The molecule has 1 aromatic carbocycles. The molecule has 0 aliphatic carbocycles. The van der Waals surface area contributed by atoms with Crippen LogP contribution >= 0.6 is 11.6 Å². The van der Waals surface area contributed by atoms with Crippen molar-refractivity contribution in [1.82, 2.24) is 9.55 Å². The van der Waals surface area contributed by atoms with Crippen LogP contribution in [0.1, 0.15) is 32.0 Å². The van der Waals surface area contributed by atoms with E-state index in [1.165, 1.54) is 6.07 Å². The second-order valence-electron chi connectivity index (χ2n) is 5.02. The summed E-state index contributed by atoms with van der Waals surface area (Å²) >= 11 is 5.81. The van der Waals surface area contributed by atoms with Gasteiger partial charge in [-0.2, -0.15) is 0 Å². The van der Waals surface area contributed by atoms with Gasteiger partial charge in [0.25, 0.3) is 0 Å². The van der Waals surface area contributed by atoms with Crippen molar-refractivity contribution in [2.75, 3.05) is 0 Å². The van der Waals surface area contributed by atoms with Crippen molar-refractivity contribution >= 4 is 11.6 Å². The summed E-state index contributed by atoms with van der Waals surface area (Å²) in [5, 5.41) is 0.0922. The fourth-order valence-electron chi connectivity index (χ4n) is 2.06. The summed E-state index contributed by atoms with van der Waals surface area (Å²) < 4.78 is 15.0. The van der Waals surface area contributed by atoms with E-state index in [1.54, 1.807) is 24.7 Å². The van der Waals surface area contributed by atoms with Gasteiger partial charge in [0.2, 0.25) is 0 Å². The predicted octanol–water partition coefficient (Wildman–Crippen LogP) is 3.71. The maximum atomic E-state index is 13.2. The quantitative estimate of drug-likeness (QED) is 0.928. The van der Waals surface area contributed by atoms with Gasteiger partial charge in [-0.1, -0.05) is 25.4 Å². The standard InChI is InChI=1S/C14H17ClFN3/c1-9(2)5-13(17)14-7-18-8-19(14)10-3-4-12(16)11(15)6-10/h3-4,6-9,13H,5,17H2,1-2H3. The smallest absolute Gasteiger partial charge is 0.141 e. The lowest BCUT2D eigenvalue weighted by Gasteiger charge is -2.16. The molecule has 0 aliphatic rings. The highest BCUT2D eigenvalue weighted by Crippen LogP contribution is 2.24. The minimum absolute atomic E-state index is 0.0922. The molecular formula is C14H17ClFN3. The fraction of sp³-hybridized carbons (Fsp3) is 0.357. The second kappa shape index (κ2) is 5.72. The summed E-state index contributed by atoms with van der Waals surface area (Å²) in [6.07, 6.45) is 4.27. The van der Waals surface area contributed by atoms with E-state index in [1.807, 2.05) is 4.57 Å². The molecule has 0 spiro atoms. The third-order valence-electron chi connectivity index (χ3n) is 2.95. The van der Waals surface area contributed by atoms with E-state index in [2.05, 4.69) is 18.8 Å². The highest BCUT2D eigenvalue weighted by atomic mass is 35.5. The van der Waals surface area contributed by atoms with Crippen LogP contribution < -0.4 is 5.73 Å². The van der Waals surface area contributed by atoms with Crippen LogP contribution in [-0.2, 0) is 0 Å². The Morgan fingerprint density at radius 3 is 2.79 bits per heavy atom. The largest absolute Gasteiger partial charge is 0.323 e. The van der Waals surface area contributed by atoms with E-state index in [0.717, 1.165) is 17.8 Å². The molecule has 1 unspecified atom stereocenters. The topological polar surface area (TPSA) is 43.8 Å². The fourth-order valence-corrected chi connectivity index (χ4v) is 2.23. The number of nitrogens with zero attached hydrogens (tertiary/aromatic N) is 2. The van der Waals surface area contributed by atoms with Crippen LogP contribution in [0.5, 0.6) is 0 Å². The van der Waals surface area contributed by atoms with Crippen LogP contribution in [0, 0.1) is 11.7 Å². The summed E-state index contributed by atoms with van der Waals surface area (Å²) in [5.74, 6) is 0.0636. The number of hydrogen-bond acceptors (Lipinski definition) is 2. The van der Waals surface area contributed by atoms with Crippen LogP contribution in [0.2, 0.25) is 5.02 Å². The van der Waals surface area contributed by atoms with E-state index in [-0.39, 0.29) is 11.1 Å². The molecule has 0 saturated carbocycles. The van der Waals surface area contributed by atoms with E-state index >= 15 is 0 Å². The molecule has 1 heterocycles. The van der Waals surface area contributed by atoms with Gasteiger partial charge in [-0.3, -0.25) is 0 Å². The number of rotatable bonds is 4. The zero-order valence-corrected chi connectivity index (χ0v) is 11.7. The average molecular weight is 282 g/mol. The number of nitrogens with two attached hydrogens (primary N) is 1. The predicted molar refractivity (Wildman–Crippen MR) is 74.9 cm³/mol. The van der Waals surface area contributed by atoms with Crippen molar-refractivity contribution in [2.24, 2.45) is 11.7 Å². The van der Waals surface area contributed by atoms with Crippen LogP contribution in [0.25, 0.3) is 5.69 Å². The molecule has 2 aromatic rings. The Hall–Kier alpha value is -1.39. The lowest BCUT2D eigenvalue weighted by Crippen LogP contribution is -2.16. The SMILES string of the molecule is CC(C)CC(N)c1cncn1-c1ccc(F)c(Cl)c1. The molecule has 2 N–H and O–H groups in total. The van der Waals surface area contributed by atoms with Gasteiger partial charge in [-0.25, -0.2) is 9.37 Å². The Labute approximate surface area is 117 Å². The molecule has 1 aromatic heterocycles. The lowest BCUT2D eigenvalue weighted by molar-refractivity contribution is 0.498. The molecule has 2 rings (SSSR count). The Bertz CT molecular complexity index is 566. The van der Waals surface area contributed by atoms with E-state index < -0.39 is 5.82 Å². The van der Waals surface area contributed by atoms with E-state index in [0.29, 0.717) is 5.92 Å². The van der Waals surface area contributed by atoms with Crippen molar-refractivity contribution in [1.29, 1.82) is 0 Å². The van der Waals surface area contributed by atoms with E-state index in [9.17, 15) is 4.39 Å². The molecule has 0 amide bonds. The number of benzene rings is 1. The first-order chi connectivity index (χ1) is 8.99.